The van der Waals surface area contributed by atoms with Crippen molar-refractivity contribution in [3.05, 3.63) is 78.1 Å². The topological polar surface area (TPSA) is 107 Å². The number of ether oxygens (including phenoxy) is 1. The zero-order valence-corrected chi connectivity index (χ0v) is 23.0. The van der Waals surface area contributed by atoms with Crippen molar-refractivity contribution >= 4 is 23.9 Å². The van der Waals surface area contributed by atoms with Crippen LogP contribution < -0.4 is 10.2 Å². The van der Waals surface area contributed by atoms with Crippen molar-refractivity contribution in [2.45, 2.75) is 68.5 Å². The van der Waals surface area contributed by atoms with Gasteiger partial charge in [-0.25, -0.2) is 5.43 Å². The van der Waals surface area contributed by atoms with Gasteiger partial charge < -0.3 is 9.15 Å². The standard InChI is InChI=1S/C29H34N6O3S/c1-2-3-4-5-6-7-8-12-21-37-25-17-15-23(16-18-25)28(36)31-30-22-26-19-20-27(38-26)39-29-32-33-34-35(29)24-13-10-9-11-14-24/h9-11,13-20,22H,2-8,12,21H2,1H3,(H,31,36)/b30-22+. The number of rotatable bonds is 16. The van der Waals surface area contributed by atoms with E-state index >= 15 is 0 Å². The Labute approximate surface area is 233 Å². The number of carbonyl (C=O) groups excluding carboxylic acids is 1. The normalized spacial score (nSPS) is 11.2. The molecule has 204 valence electrons. The Hall–Kier alpha value is -3.92. The number of nitrogens with zero attached hydrogens (tertiary/aromatic N) is 5. The van der Waals surface area contributed by atoms with E-state index in [-0.39, 0.29) is 5.91 Å². The Morgan fingerprint density at radius 2 is 1.72 bits per heavy atom. The van der Waals surface area contributed by atoms with Crippen molar-refractivity contribution in [2.24, 2.45) is 5.10 Å². The van der Waals surface area contributed by atoms with Crippen LogP contribution in [-0.2, 0) is 0 Å². The molecule has 0 unspecified atom stereocenters. The lowest BCUT2D eigenvalue weighted by Crippen LogP contribution is -2.17. The van der Waals surface area contributed by atoms with Crippen molar-refractivity contribution in [1.82, 2.24) is 25.6 Å². The van der Waals surface area contributed by atoms with E-state index in [0.29, 0.717) is 28.2 Å². The molecule has 1 N–H and O–H groups in total. The fourth-order valence-electron chi connectivity index (χ4n) is 3.87. The second-order valence-electron chi connectivity index (χ2n) is 9.01. The Morgan fingerprint density at radius 1 is 0.974 bits per heavy atom. The van der Waals surface area contributed by atoms with E-state index in [0.717, 1.165) is 17.9 Å². The molecule has 2 aromatic carbocycles. The lowest BCUT2D eigenvalue weighted by atomic mass is 10.1. The van der Waals surface area contributed by atoms with Crippen molar-refractivity contribution in [3.63, 3.8) is 0 Å². The summed E-state index contributed by atoms with van der Waals surface area (Å²) in [6.07, 6.45) is 11.6. The first kappa shape index (κ1) is 28.1. The Morgan fingerprint density at radius 3 is 2.49 bits per heavy atom. The first-order valence-corrected chi connectivity index (χ1v) is 14.2. The Kier molecular flexibility index (Phi) is 11.2. The fourth-order valence-corrected chi connectivity index (χ4v) is 4.63. The first-order chi connectivity index (χ1) is 19.2. The van der Waals surface area contributed by atoms with Crippen LogP contribution in [0.15, 0.2) is 86.5 Å². The summed E-state index contributed by atoms with van der Waals surface area (Å²) in [6, 6.07) is 20.2. The zero-order chi connectivity index (χ0) is 27.1. The van der Waals surface area contributed by atoms with E-state index in [1.165, 1.54) is 62.9 Å². The molecule has 1 amide bonds. The lowest BCUT2D eigenvalue weighted by Gasteiger charge is -2.07. The number of amides is 1. The second-order valence-corrected chi connectivity index (χ2v) is 9.99. The van der Waals surface area contributed by atoms with Gasteiger partial charge in [0.05, 0.1) is 18.5 Å². The maximum Gasteiger partial charge on any atom is 0.271 e. The lowest BCUT2D eigenvalue weighted by molar-refractivity contribution is 0.0955. The summed E-state index contributed by atoms with van der Waals surface area (Å²) in [5.41, 5.74) is 3.87. The summed E-state index contributed by atoms with van der Waals surface area (Å²) in [7, 11) is 0. The van der Waals surface area contributed by atoms with Gasteiger partial charge >= 0.3 is 0 Å². The molecule has 9 nitrogen and oxygen atoms in total. The predicted octanol–water partition coefficient (Wildman–Crippen LogP) is 6.69. The molecule has 39 heavy (non-hydrogen) atoms. The zero-order valence-electron chi connectivity index (χ0n) is 22.2. The van der Waals surface area contributed by atoms with Gasteiger partial charge in [-0.3, -0.25) is 4.79 Å². The number of hydrogen-bond acceptors (Lipinski definition) is 8. The Balaban J connectivity index is 1.17. The number of furan rings is 1. The van der Waals surface area contributed by atoms with Crippen LogP contribution in [0.2, 0.25) is 0 Å². The highest BCUT2D eigenvalue weighted by molar-refractivity contribution is 7.99. The number of unbranched alkanes of at least 4 members (excludes halogenated alkanes) is 7. The minimum Gasteiger partial charge on any atom is -0.494 e. The highest BCUT2D eigenvalue weighted by Crippen LogP contribution is 2.28. The molecule has 0 radical (unpaired) electrons. The second kappa shape index (κ2) is 15.5. The summed E-state index contributed by atoms with van der Waals surface area (Å²) in [5.74, 6) is 0.933. The van der Waals surface area contributed by atoms with Crippen LogP contribution in [-0.4, -0.2) is 38.9 Å². The molecular weight excluding hydrogens is 512 g/mol. The van der Waals surface area contributed by atoms with E-state index in [1.54, 1.807) is 28.9 Å². The van der Waals surface area contributed by atoms with Gasteiger partial charge in [-0.1, -0.05) is 70.1 Å². The van der Waals surface area contributed by atoms with Crippen LogP contribution in [0.3, 0.4) is 0 Å². The largest absolute Gasteiger partial charge is 0.494 e. The van der Waals surface area contributed by atoms with Gasteiger partial charge in [0.1, 0.15) is 11.5 Å². The van der Waals surface area contributed by atoms with E-state index in [1.807, 2.05) is 42.5 Å². The van der Waals surface area contributed by atoms with Gasteiger partial charge in [0, 0.05) is 5.56 Å². The molecule has 2 heterocycles. The van der Waals surface area contributed by atoms with Crippen LogP contribution in [0.1, 0.15) is 74.4 Å². The van der Waals surface area contributed by atoms with E-state index < -0.39 is 0 Å². The molecule has 0 spiro atoms. The SMILES string of the molecule is CCCCCCCCCCOc1ccc(C(=O)N/N=C/c2ccc(Sc3nnnn3-c3ccccc3)o2)cc1. The van der Waals surface area contributed by atoms with Gasteiger partial charge in [0.15, 0.2) is 5.09 Å². The molecule has 0 atom stereocenters. The third-order valence-corrected chi connectivity index (χ3v) is 6.83. The smallest absolute Gasteiger partial charge is 0.271 e. The molecule has 0 saturated heterocycles. The van der Waals surface area contributed by atoms with Crippen molar-refractivity contribution < 1.29 is 13.9 Å². The molecule has 10 heteroatoms. The average molecular weight is 547 g/mol. The van der Waals surface area contributed by atoms with Gasteiger partial charge in [-0.2, -0.15) is 9.78 Å². The molecule has 0 fully saturated rings. The van der Waals surface area contributed by atoms with Gasteiger partial charge in [0.25, 0.3) is 5.91 Å². The molecule has 0 aliphatic heterocycles. The van der Waals surface area contributed by atoms with Crippen LogP contribution in [0.4, 0.5) is 0 Å². The van der Waals surface area contributed by atoms with Gasteiger partial charge in [-0.15, -0.1) is 5.10 Å². The maximum atomic E-state index is 12.4. The fraction of sp³-hybridized carbons (Fsp3) is 0.345. The molecule has 4 rings (SSSR count). The number of nitrogens with one attached hydrogen (secondary N) is 1. The van der Waals surface area contributed by atoms with Crippen molar-refractivity contribution in [2.75, 3.05) is 6.61 Å². The van der Waals surface area contributed by atoms with E-state index in [9.17, 15) is 4.79 Å². The number of carbonyl (C=O) groups is 1. The minimum absolute atomic E-state index is 0.316. The molecule has 0 aliphatic rings. The van der Waals surface area contributed by atoms with Gasteiger partial charge in [0.2, 0.25) is 5.16 Å². The molecule has 0 aliphatic carbocycles. The minimum atomic E-state index is -0.316. The van der Waals surface area contributed by atoms with Crippen molar-refractivity contribution in [3.8, 4) is 11.4 Å². The first-order valence-electron chi connectivity index (χ1n) is 13.4. The number of hydrogen-bond donors (Lipinski definition) is 1. The summed E-state index contributed by atoms with van der Waals surface area (Å²) in [6.45, 7) is 2.93. The van der Waals surface area contributed by atoms with E-state index in [4.69, 9.17) is 9.15 Å². The predicted molar refractivity (Wildman–Crippen MR) is 152 cm³/mol. The van der Waals surface area contributed by atoms with Crippen LogP contribution in [0.5, 0.6) is 5.75 Å². The Bertz CT molecular complexity index is 1300. The molecule has 4 aromatic rings. The highest BCUT2D eigenvalue weighted by atomic mass is 32.2. The average Bonchev–Trinajstić information content (AvgIpc) is 3.62. The van der Waals surface area contributed by atoms with Crippen molar-refractivity contribution in [1.29, 1.82) is 0 Å². The molecule has 0 bridgehead atoms. The molecule has 0 saturated carbocycles. The molecular formula is C29H34N6O3S. The summed E-state index contributed by atoms with van der Waals surface area (Å²) < 4.78 is 13.2. The number of tetrazole rings is 1. The quantitative estimate of drug-likeness (QED) is 0.0947. The number of benzene rings is 2. The third-order valence-electron chi connectivity index (χ3n) is 5.98. The molecule has 2 aromatic heterocycles. The van der Waals surface area contributed by atoms with Gasteiger partial charge in [-0.05, 0) is 77.1 Å². The highest BCUT2D eigenvalue weighted by Gasteiger charge is 2.12. The van der Waals surface area contributed by atoms with E-state index in [2.05, 4.69) is 33.0 Å². The van der Waals surface area contributed by atoms with Crippen LogP contribution in [0, 0.1) is 0 Å². The number of hydrazone groups is 1. The summed E-state index contributed by atoms with van der Waals surface area (Å²) in [4.78, 5) is 12.4. The number of para-hydroxylation sites is 1. The summed E-state index contributed by atoms with van der Waals surface area (Å²) in [5, 5.41) is 17.0. The number of aromatic nitrogens is 4. The monoisotopic (exact) mass is 546 g/mol. The summed E-state index contributed by atoms with van der Waals surface area (Å²) >= 11 is 1.29. The third kappa shape index (κ3) is 9.10. The van der Waals surface area contributed by atoms with Crippen LogP contribution >= 0.6 is 11.8 Å². The maximum absolute atomic E-state index is 12.4. The van der Waals surface area contributed by atoms with Crippen LogP contribution in [0.25, 0.3) is 5.69 Å².